The molecule has 3 amide bonds. The summed E-state index contributed by atoms with van der Waals surface area (Å²) in [5.41, 5.74) is 2.06. The van der Waals surface area contributed by atoms with Gasteiger partial charge in [0.05, 0.1) is 43.4 Å². The second-order valence-corrected chi connectivity index (χ2v) is 12.3. The molecule has 6 N–H and O–H groups in total. The Labute approximate surface area is 275 Å². The highest BCUT2D eigenvalue weighted by Gasteiger charge is 2.45. The molecular weight excluding hydrogens is 628 g/mol. The molecule has 0 aliphatic carbocycles. The van der Waals surface area contributed by atoms with E-state index in [0.29, 0.717) is 29.8 Å². The van der Waals surface area contributed by atoms with Crippen molar-refractivity contribution in [3.05, 3.63) is 82.6 Å². The van der Waals surface area contributed by atoms with E-state index in [1.54, 1.807) is 48.5 Å². The van der Waals surface area contributed by atoms with Crippen molar-refractivity contribution in [2.75, 3.05) is 5.32 Å². The molecule has 16 heteroatoms. The van der Waals surface area contributed by atoms with Gasteiger partial charge >= 0.3 is 32.2 Å². The van der Waals surface area contributed by atoms with Crippen LogP contribution in [0.25, 0.3) is 0 Å². The van der Waals surface area contributed by atoms with Crippen molar-refractivity contribution < 1.29 is 48.4 Å². The predicted molar refractivity (Wildman–Crippen MR) is 174 cm³/mol. The zero-order valence-electron chi connectivity index (χ0n) is 25.3. The molecule has 2 aromatic carbocycles. The lowest BCUT2D eigenvalue weighted by molar-refractivity contribution is -0.140. The molecule has 2 aliphatic heterocycles. The van der Waals surface area contributed by atoms with Gasteiger partial charge in [-0.2, -0.15) is 11.3 Å². The maximum Gasteiger partial charge on any atom is 0.549 e. The van der Waals surface area contributed by atoms with Gasteiger partial charge in [-0.1, -0.05) is 30.3 Å². The van der Waals surface area contributed by atoms with Crippen molar-refractivity contribution in [2.24, 2.45) is 0 Å². The van der Waals surface area contributed by atoms with Crippen LogP contribution >= 0.6 is 11.3 Å². The number of aliphatic carboxylic acids is 2. The molecule has 3 heterocycles. The number of carboxylic acid groups (broad SMARTS) is 2. The van der Waals surface area contributed by atoms with Gasteiger partial charge in [-0.05, 0) is 71.5 Å². The van der Waals surface area contributed by atoms with Gasteiger partial charge in [0.1, 0.15) is 5.75 Å². The van der Waals surface area contributed by atoms with Crippen molar-refractivity contribution in [1.82, 2.24) is 10.6 Å². The monoisotopic (exact) mass is 663 g/mol. The van der Waals surface area contributed by atoms with Gasteiger partial charge in [0, 0.05) is 11.6 Å². The number of amides is 3. The van der Waals surface area contributed by atoms with Crippen molar-refractivity contribution in [3.8, 4) is 5.75 Å². The number of hydrogen-bond donors (Lipinski definition) is 6. The van der Waals surface area contributed by atoms with Crippen molar-refractivity contribution in [1.29, 1.82) is 0 Å². The molecule has 3 aromatic rings. The number of carboxylic acids is 2. The third kappa shape index (κ3) is 9.81. The van der Waals surface area contributed by atoms with Crippen LogP contribution in [0.5, 0.6) is 5.75 Å². The first kappa shape index (κ1) is 34.0. The fourth-order valence-corrected chi connectivity index (χ4v) is 6.55. The summed E-state index contributed by atoms with van der Waals surface area (Å²) < 4.78 is 17.9. The Balaban J connectivity index is 1.34. The molecule has 0 bridgehead atoms. The molecule has 47 heavy (non-hydrogen) atoms. The molecule has 0 spiro atoms. The van der Waals surface area contributed by atoms with Crippen LogP contribution in [-0.4, -0.2) is 77.4 Å². The van der Waals surface area contributed by atoms with Crippen LogP contribution in [0.1, 0.15) is 49.1 Å². The fourth-order valence-electron chi connectivity index (χ4n) is 5.88. The molecule has 0 saturated carbocycles. The number of rotatable bonds is 12. The molecular formula is C31H35B2N3O10S. The van der Waals surface area contributed by atoms with E-state index in [4.69, 9.17) is 14.0 Å². The highest BCUT2D eigenvalue weighted by Crippen LogP contribution is 2.35. The fraction of sp³-hybridized carbons (Fsp3) is 0.355. The third-order valence-electron chi connectivity index (χ3n) is 8.01. The van der Waals surface area contributed by atoms with Crippen LogP contribution in [0.3, 0.4) is 0 Å². The second kappa shape index (κ2) is 16.0. The lowest BCUT2D eigenvalue weighted by Crippen LogP contribution is -2.57. The summed E-state index contributed by atoms with van der Waals surface area (Å²) in [5, 5.41) is 41.9. The van der Waals surface area contributed by atoms with Gasteiger partial charge in [-0.3, -0.25) is 14.4 Å². The van der Waals surface area contributed by atoms with Gasteiger partial charge in [0.15, 0.2) is 0 Å². The minimum absolute atomic E-state index is 0.101. The first-order valence-corrected chi connectivity index (χ1v) is 16.2. The second-order valence-electron chi connectivity index (χ2n) is 11.6. The van der Waals surface area contributed by atoms with Gasteiger partial charge in [0.25, 0.3) is 0 Å². The Hall–Kier alpha value is -4.37. The van der Waals surface area contributed by atoms with Gasteiger partial charge < -0.3 is 45.2 Å². The molecule has 13 nitrogen and oxygen atoms in total. The van der Waals surface area contributed by atoms with Crippen molar-refractivity contribution in [2.45, 2.75) is 68.5 Å². The Morgan fingerprint density at radius 1 is 0.915 bits per heavy atom. The van der Waals surface area contributed by atoms with Gasteiger partial charge in [0.2, 0.25) is 5.91 Å². The van der Waals surface area contributed by atoms with Crippen molar-refractivity contribution >= 4 is 55.1 Å². The maximum atomic E-state index is 12.9. The van der Waals surface area contributed by atoms with E-state index in [0.717, 1.165) is 5.56 Å². The SMILES string of the molecule is O=C(O)C[C@@H]1CC[C@H](NC(=O)Nc2ccccc2)B(Oc2cccc(C3C[C@@H](CC(=O)O)OB(O)[C@H]3NC(=O)Cc3ccsc3)c2)O1. The maximum absolute atomic E-state index is 12.9. The van der Waals surface area contributed by atoms with E-state index in [1.165, 1.54) is 11.3 Å². The minimum Gasteiger partial charge on any atom is -0.535 e. The zero-order chi connectivity index (χ0) is 33.3. The topological polar surface area (TPSA) is 193 Å². The summed E-state index contributed by atoms with van der Waals surface area (Å²) in [6.07, 6.45) is -0.936. The number of nitrogens with one attached hydrogen (secondary N) is 3. The average molecular weight is 663 g/mol. The smallest absolute Gasteiger partial charge is 0.535 e. The van der Waals surface area contributed by atoms with Crippen LogP contribution in [-0.2, 0) is 30.1 Å². The first-order chi connectivity index (χ1) is 22.6. The standard InChI is InChI=1S/C31H35B2N3O10S/c37-27(13-19-11-12-47-18-19)36-30-25(15-24(17-29(40)41)44-32(30)43)20-5-4-8-22(14-20)45-33-26(10-9-23(46-33)16-28(38)39)35-31(42)34-21-6-2-1-3-7-21/h1-8,11-12,14,18,23-26,30,43H,9-10,13,15-17H2,(H,36,37)(H,38,39)(H,40,41)(H2,34,35,42)/t23-,24-,25?,26-,30-/m0/s1. The quantitative estimate of drug-likeness (QED) is 0.157. The number of para-hydroxylation sites is 1. The Bertz CT molecular complexity index is 1530. The van der Waals surface area contributed by atoms with E-state index in [2.05, 4.69) is 16.0 Å². The molecule has 246 valence electrons. The summed E-state index contributed by atoms with van der Waals surface area (Å²) in [5.74, 6) is -4.16. The molecule has 2 fully saturated rings. The molecule has 5 rings (SSSR count). The molecule has 1 aromatic heterocycles. The van der Waals surface area contributed by atoms with Crippen molar-refractivity contribution in [3.63, 3.8) is 0 Å². The Kier molecular flexibility index (Phi) is 11.5. The highest BCUT2D eigenvalue weighted by molar-refractivity contribution is 7.08. The molecule has 5 atom stereocenters. The largest absolute Gasteiger partial charge is 0.549 e. The van der Waals surface area contributed by atoms with E-state index >= 15 is 0 Å². The van der Waals surface area contributed by atoms with Crippen LogP contribution in [0.4, 0.5) is 10.5 Å². The van der Waals surface area contributed by atoms with Crippen LogP contribution < -0.4 is 20.6 Å². The van der Waals surface area contributed by atoms with Crippen LogP contribution in [0, 0.1) is 0 Å². The Morgan fingerprint density at radius 3 is 2.40 bits per heavy atom. The number of urea groups is 1. The minimum atomic E-state index is -1.47. The Morgan fingerprint density at radius 2 is 1.68 bits per heavy atom. The van der Waals surface area contributed by atoms with Gasteiger partial charge in [-0.25, -0.2) is 4.79 Å². The van der Waals surface area contributed by atoms with E-state index < -0.39 is 62.2 Å². The number of anilines is 1. The van der Waals surface area contributed by atoms with E-state index in [9.17, 15) is 34.4 Å². The van der Waals surface area contributed by atoms with E-state index in [1.807, 2.05) is 22.9 Å². The lowest BCUT2D eigenvalue weighted by atomic mass is 9.64. The average Bonchev–Trinajstić information content (AvgIpc) is 3.52. The zero-order valence-corrected chi connectivity index (χ0v) is 26.1. The normalized spacial score (nSPS) is 22.6. The molecule has 2 saturated heterocycles. The summed E-state index contributed by atoms with van der Waals surface area (Å²) in [6.45, 7) is 0. The van der Waals surface area contributed by atoms with Crippen LogP contribution in [0.2, 0.25) is 0 Å². The summed E-state index contributed by atoms with van der Waals surface area (Å²) in [7, 11) is -2.50. The molecule has 1 unspecified atom stereocenters. The predicted octanol–water partition coefficient (Wildman–Crippen LogP) is 3.09. The summed E-state index contributed by atoms with van der Waals surface area (Å²) in [4.78, 5) is 48.7. The lowest BCUT2D eigenvalue weighted by Gasteiger charge is -2.38. The number of thiophene rings is 1. The molecule has 0 radical (unpaired) electrons. The number of carbonyl (C=O) groups is 4. The third-order valence-corrected chi connectivity index (χ3v) is 8.74. The number of hydrogen-bond acceptors (Lipinski definition) is 9. The van der Waals surface area contributed by atoms with E-state index in [-0.39, 0.29) is 31.6 Å². The van der Waals surface area contributed by atoms with Crippen LogP contribution in [0.15, 0.2) is 71.4 Å². The summed E-state index contributed by atoms with van der Waals surface area (Å²) in [6, 6.07) is 17.1. The highest BCUT2D eigenvalue weighted by atomic mass is 32.1. The summed E-state index contributed by atoms with van der Waals surface area (Å²) >= 11 is 1.46. The number of benzene rings is 2. The number of carbonyl (C=O) groups excluding carboxylic acids is 2. The first-order valence-electron chi connectivity index (χ1n) is 15.2. The molecule has 2 aliphatic rings. The van der Waals surface area contributed by atoms with Gasteiger partial charge in [-0.15, -0.1) is 0 Å².